The number of nitrogens with zero attached hydrogens (tertiary/aromatic N) is 1. The molecule has 0 bridgehead atoms. The number of anilines is 1. The van der Waals surface area contributed by atoms with E-state index in [0.29, 0.717) is 10.6 Å². The van der Waals surface area contributed by atoms with Crippen molar-refractivity contribution in [3.05, 3.63) is 88.7 Å². The molecule has 0 aliphatic rings. The molecule has 0 amide bonds. The summed E-state index contributed by atoms with van der Waals surface area (Å²) in [7, 11) is -3.66. The fourth-order valence-corrected chi connectivity index (χ4v) is 4.66. The second-order valence-electron chi connectivity index (χ2n) is 6.55. The van der Waals surface area contributed by atoms with Gasteiger partial charge in [-0.1, -0.05) is 42.0 Å². The van der Waals surface area contributed by atoms with Crippen LogP contribution in [0.25, 0.3) is 12.2 Å². The molecule has 0 saturated heterocycles. The van der Waals surface area contributed by atoms with Crippen LogP contribution in [0.2, 0.25) is 0 Å². The Morgan fingerprint density at radius 3 is 2.30 bits per heavy atom. The Bertz CT molecular complexity index is 1070. The van der Waals surface area contributed by atoms with Gasteiger partial charge in [0.25, 0.3) is 10.0 Å². The van der Waals surface area contributed by atoms with Crippen molar-refractivity contribution in [2.45, 2.75) is 25.7 Å². The van der Waals surface area contributed by atoms with Crippen LogP contribution in [-0.4, -0.2) is 13.4 Å². The maximum absolute atomic E-state index is 12.9. The average molecular weight is 378 g/mol. The van der Waals surface area contributed by atoms with E-state index in [1.54, 1.807) is 18.3 Å². The third-order valence-corrected chi connectivity index (χ3v) is 5.83. The third kappa shape index (κ3) is 4.63. The van der Waals surface area contributed by atoms with Crippen LogP contribution in [0.15, 0.2) is 65.7 Å². The van der Waals surface area contributed by atoms with Crippen LogP contribution < -0.4 is 4.72 Å². The molecule has 5 heteroatoms. The molecule has 27 heavy (non-hydrogen) atoms. The summed E-state index contributed by atoms with van der Waals surface area (Å²) in [5.74, 6) is 0. The van der Waals surface area contributed by atoms with Crippen LogP contribution in [0.1, 0.15) is 27.9 Å². The molecule has 2 aromatic carbocycles. The van der Waals surface area contributed by atoms with Crippen LogP contribution in [0.5, 0.6) is 0 Å². The molecular formula is C22H22N2O2S. The lowest BCUT2D eigenvalue weighted by molar-refractivity contribution is 0.600. The van der Waals surface area contributed by atoms with Crippen molar-refractivity contribution in [3.8, 4) is 0 Å². The summed E-state index contributed by atoms with van der Waals surface area (Å²) in [5, 5.41) is 0. The molecule has 1 N–H and O–H groups in total. The Morgan fingerprint density at radius 2 is 1.63 bits per heavy atom. The number of nitrogens with one attached hydrogen (secondary N) is 1. The number of hydrogen-bond acceptors (Lipinski definition) is 3. The Balaban J connectivity index is 1.87. The summed E-state index contributed by atoms with van der Waals surface area (Å²) >= 11 is 0. The first-order valence-electron chi connectivity index (χ1n) is 8.65. The highest BCUT2D eigenvalue weighted by Gasteiger charge is 2.20. The number of pyridine rings is 1. The first kappa shape index (κ1) is 18.9. The van der Waals surface area contributed by atoms with Crippen molar-refractivity contribution in [2.75, 3.05) is 4.72 Å². The van der Waals surface area contributed by atoms with E-state index in [9.17, 15) is 8.42 Å². The molecule has 0 aliphatic heterocycles. The maximum atomic E-state index is 12.9. The zero-order chi connectivity index (χ0) is 19.4. The van der Waals surface area contributed by atoms with Gasteiger partial charge in [-0.15, -0.1) is 0 Å². The predicted octanol–water partition coefficient (Wildman–Crippen LogP) is 4.98. The summed E-state index contributed by atoms with van der Waals surface area (Å²) in [4.78, 5) is 4.58. The lowest BCUT2D eigenvalue weighted by atomic mass is 10.1. The SMILES string of the molecule is Cc1cc(C)c(S(=O)(=O)Nc2cccc(/C=C/c3ccccn3)c2)c(C)c1. The standard InChI is InChI=1S/C22H22N2O2S/c1-16-13-17(2)22(18(3)14-16)27(25,26)24-21-9-6-7-19(15-21)10-11-20-8-4-5-12-23-20/h4-15,24H,1-3H3/b11-10+. The molecule has 0 saturated carbocycles. The van der Waals surface area contributed by atoms with Gasteiger partial charge in [-0.25, -0.2) is 8.42 Å². The highest BCUT2D eigenvalue weighted by atomic mass is 32.2. The molecule has 0 aliphatic carbocycles. The molecular weight excluding hydrogens is 356 g/mol. The Morgan fingerprint density at radius 1 is 0.889 bits per heavy atom. The zero-order valence-corrected chi connectivity index (χ0v) is 16.4. The minimum atomic E-state index is -3.66. The summed E-state index contributed by atoms with van der Waals surface area (Å²) in [6, 6.07) is 16.7. The largest absolute Gasteiger partial charge is 0.280 e. The molecule has 0 spiro atoms. The molecule has 0 radical (unpaired) electrons. The Labute approximate surface area is 160 Å². The van der Waals surface area contributed by atoms with E-state index in [-0.39, 0.29) is 0 Å². The topological polar surface area (TPSA) is 59.1 Å². The minimum absolute atomic E-state index is 0.336. The van der Waals surface area contributed by atoms with Gasteiger partial charge in [0.05, 0.1) is 10.6 Å². The van der Waals surface area contributed by atoms with Crippen LogP contribution in [0.4, 0.5) is 5.69 Å². The lowest BCUT2D eigenvalue weighted by Crippen LogP contribution is -2.16. The highest BCUT2D eigenvalue weighted by molar-refractivity contribution is 7.92. The molecule has 1 aromatic heterocycles. The second kappa shape index (κ2) is 7.76. The van der Waals surface area contributed by atoms with Gasteiger partial charge in [-0.2, -0.15) is 0 Å². The Hall–Kier alpha value is -2.92. The Kier molecular flexibility index (Phi) is 5.42. The molecule has 0 atom stereocenters. The molecule has 138 valence electrons. The van der Waals surface area contributed by atoms with Crippen molar-refractivity contribution >= 4 is 27.9 Å². The minimum Gasteiger partial charge on any atom is -0.280 e. The number of aromatic nitrogens is 1. The van der Waals surface area contributed by atoms with E-state index < -0.39 is 10.0 Å². The normalized spacial score (nSPS) is 11.7. The highest BCUT2D eigenvalue weighted by Crippen LogP contribution is 2.25. The smallest absolute Gasteiger partial charge is 0.262 e. The van der Waals surface area contributed by atoms with Crippen molar-refractivity contribution in [1.29, 1.82) is 0 Å². The summed E-state index contributed by atoms with van der Waals surface area (Å²) in [5.41, 5.74) is 4.79. The number of rotatable bonds is 5. The fraction of sp³-hybridized carbons (Fsp3) is 0.136. The predicted molar refractivity (Wildman–Crippen MR) is 111 cm³/mol. The van der Waals surface area contributed by atoms with Crippen molar-refractivity contribution in [2.24, 2.45) is 0 Å². The zero-order valence-electron chi connectivity index (χ0n) is 15.6. The molecule has 0 unspecified atom stereocenters. The van der Waals surface area contributed by atoms with Crippen molar-refractivity contribution < 1.29 is 8.42 Å². The van der Waals surface area contributed by atoms with Gasteiger partial charge >= 0.3 is 0 Å². The first-order chi connectivity index (χ1) is 12.8. The van der Waals surface area contributed by atoms with Gasteiger partial charge in [-0.3, -0.25) is 9.71 Å². The van der Waals surface area contributed by atoms with E-state index in [1.165, 1.54) is 0 Å². The second-order valence-corrected chi connectivity index (χ2v) is 8.17. The van der Waals surface area contributed by atoms with Crippen molar-refractivity contribution in [1.82, 2.24) is 4.98 Å². The third-order valence-electron chi connectivity index (χ3n) is 4.15. The number of hydrogen-bond donors (Lipinski definition) is 1. The monoisotopic (exact) mass is 378 g/mol. The van der Waals surface area contributed by atoms with Crippen LogP contribution >= 0.6 is 0 Å². The van der Waals surface area contributed by atoms with Crippen LogP contribution in [0.3, 0.4) is 0 Å². The molecule has 4 nitrogen and oxygen atoms in total. The van der Waals surface area contributed by atoms with Gasteiger partial charge < -0.3 is 0 Å². The molecule has 0 fully saturated rings. The number of benzene rings is 2. The number of aryl methyl sites for hydroxylation is 3. The molecule has 3 aromatic rings. The first-order valence-corrected chi connectivity index (χ1v) is 10.1. The molecule has 1 heterocycles. The van der Waals surface area contributed by atoms with Gasteiger partial charge in [-0.05, 0) is 67.8 Å². The summed E-state index contributed by atoms with van der Waals surface area (Å²) < 4.78 is 28.5. The molecule has 3 rings (SSSR count). The summed E-state index contributed by atoms with van der Waals surface area (Å²) in [6.45, 7) is 5.60. The van der Waals surface area contributed by atoms with E-state index in [1.807, 2.05) is 75.4 Å². The van der Waals surface area contributed by atoms with Gasteiger partial charge in [0.2, 0.25) is 0 Å². The van der Waals surface area contributed by atoms with Gasteiger partial charge in [0.15, 0.2) is 0 Å². The average Bonchev–Trinajstić information content (AvgIpc) is 2.59. The quantitative estimate of drug-likeness (QED) is 0.681. The fourth-order valence-electron chi connectivity index (χ4n) is 3.16. The van der Waals surface area contributed by atoms with E-state index in [2.05, 4.69) is 9.71 Å². The number of sulfonamides is 1. The lowest BCUT2D eigenvalue weighted by Gasteiger charge is -2.14. The van der Waals surface area contributed by atoms with Gasteiger partial charge in [0.1, 0.15) is 0 Å². The maximum Gasteiger partial charge on any atom is 0.262 e. The van der Waals surface area contributed by atoms with Crippen LogP contribution in [0, 0.1) is 20.8 Å². The van der Waals surface area contributed by atoms with E-state index in [4.69, 9.17) is 0 Å². The summed E-state index contributed by atoms with van der Waals surface area (Å²) in [6.07, 6.45) is 5.53. The van der Waals surface area contributed by atoms with Crippen molar-refractivity contribution in [3.63, 3.8) is 0 Å². The van der Waals surface area contributed by atoms with E-state index >= 15 is 0 Å². The van der Waals surface area contributed by atoms with Gasteiger partial charge in [0, 0.05) is 11.9 Å². The van der Waals surface area contributed by atoms with Crippen LogP contribution in [-0.2, 0) is 10.0 Å². The van der Waals surface area contributed by atoms with E-state index in [0.717, 1.165) is 27.9 Å².